The number of anilines is 2. The van der Waals surface area contributed by atoms with Crippen molar-refractivity contribution in [1.29, 1.82) is 0 Å². The SMILES string of the molecule is CCNC(=O)C(C)Nc1nc(NCC)c(F)cc1F. The summed E-state index contributed by atoms with van der Waals surface area (Å²) in [5, 5.41) is 7.89. The Bertz CT molecular complexity index is 454. The number of carbonyl (C=O) groups excluding carboxylic acids is 1. The molecule has 7 heteroatoms. The predicted molar refractivity (Wildman–Crippen MR) is 70.1 cm³/mol. The lowest BCUT2D eigenvalue weighted by Crippen LogP contribution is -2.37. The number of likely N-dealkylation sites (N-methyl/N-ethyl adjacent to an activating group) is 1. The number of nitrogens with one attached hydrogen (secondary N) is 3. The van der Waals surface area contributed by atoms with Gasteiger partial charge in [0.15, 0.2) is 23.3 Å². The Hall–Kier alpha value is -1.92. The van der Waals surface area contributed by atoms with Crippen molar-refractivity contribution in [2.75, 3.05) is 23.7 Å². The van der Waals surface area contributed by atoms with Crippen LogP contribution in [0.15, 0.2) is 6.07 Å². The van der Waals surface area contributed by atoms with E-state index in [-0.39, 0.29) is 17.5 Å². The third-order valence-corrected chi connectivity index (χ3v) is 2.37. The minimum Gasteiger partial charge on any atom is -0.368 e. The summed E-state index contributed by atoms with van der Waals surface area (Å²) in [6.07, 6.45) is 0. The molecule has 19 heavy (non-hydrogen) atoms. The maximum absolute atomic E-state index is 13.6. The van der Waals surface area contributed by atoms with Gasteiger partial charge in [0.05, 0.1) is 0 Å². The first-order chi connectivity index (χ1) is 8.99. The van der Waals surface area contributed by atoms with E-state index in [2.05, 4.69) is 20.9 Å². The molecule has 1 heterocycles. The Morgan fingerprint density at radius 2 is 1.89 bits per heavy atom. The number of hydrogen-bond donors (Lipinski definition) is 3. The number of aromatic nitrogens is 1. The molecule has 0 aliphatic rings. The smallest absolute Gasteiger partial charge is 0.242 e. The maximum Gasteiger partial charge on any atom is 0.242 e. The third-order valence-electron chi connectivity index (χ3n) is 2.37. The quantitative estimate of drug-likeness (QED) is 0.738. The molecule has 0 saturated carbocycles. The fraction of sp³-hybridized carbons (Fsp3) is 0.500. The molecule has 1 rings (SSSR count). The van der Waals surface area contributed by atoms with Crippen LogP contribution in [-0.4, -0.2) is 30.0 Å². The molecular weight excluding hydrogens is 254 g/mol. The summed E-state index contributed by atoms with van der Waals surface area (Å²) in [5.41, 5.74) is 0. The molecule has 0 aliphatic carbocycles. The van der Waals surface area contributed by atoms with Crippen molar-refractivity contribution < 1.29 is 13.6 Å². The van der Waals surface area contributed by atoms with Gasteiger partial charge in [-0.2, -0.15) is 0 Å². The van der Waals surface area contributed by atoms with E-state index in [9.17, 15) is 13.6 Å². The largest absolute Gasteiger partial charge is 0.368 e. The van der Waals surface area contributed by atoms with E-state index in [1.54, 1.807) is 20.8 Å². The van der Waals surface area contributed by atoms with Crippen LogP contribution in [0.3, 0.4) is 0 Å². The van der Waals surface area contributed by atoms with Crippen LogP contribution in [0.4, 0.5) is 20.4 Å². The minimum absolute atomic E-state index is 0.0468. The van der Waals surface area contributed by atoms with Crippen LogP contribution in [-0.2, 0) is 4.79 Å². The molecule has 1 aromatic heterocycles. The van der Waals surface area contributed by atoms with Crippen molar-refractivity contribution in [2.45, 2.75) is 26.8 Å². The van der Waals surface area contributed by atoms with Crippen LogP contribution in [0.1, 0.15) is 20.8 Å². The third kappa shape index (κ3) is 4.04. The Morgan fingerprint density at radius 3 is 2.47 bits per heavy atom. The molecule has 1 atom stereocenters. The summed E-state index contributed by atoms with van der Waals surface area (Å²) in [7, 11) is 0. The lowest BCUT2D eigenvalue weighted by atomic mass is 10.3. The van der Waals surface area contributed by atoms with Gasteiger partial charge in [0, 0.05) is 19.2 Å². The average Bonchev–Trinajstić information content (AvgIpc) is 2.35. The Balaban J connectivity index is 2.88. The van der Waals surface area contributed by atoms with Crippen molar-refractivity contribution in [2.24, 2.45) is 0 Å². The molecule has 0 saturated heterocycles. The van der Waals surface area contributed by atoms with Crippen LogP contribution >= 0.6 is 0 Å². The highest BCUT2D eigenvalue weighted by molar-refractivity contribution is 5.83. The number of nitrogens with zero attached hydrogens (tertiary/aromatic N) is 1. The molecule has 1 aromatic rings. The molecule has 0 spiro atoms. The molecule has 106 valence electrons. The molecule has 3 N–H and O–H groups in total. The lowest BCUT2D eigenvalue weighted by molar-refractivity contribution is -0.121. The molecule has 5 nitrogen and oxygen atoms in total. The molecule has 0 fully saturated rings. The molecule has 0 aromatic carbocycles. The zero-order valence-electron chi connectivity index (χ0n) is 11.2. The number of rotatable bonds is 6. The van der Waals surface area contributed by atoms with Gasteiger partial charge in [-0.05, 0) is 20.8 Å². The van der Waals surface area contributed by atoms with Crippen LogP contribution in [0.25, 0.3) is 0 Å². The van der Waals surface area contributed by atoms with E-state index in [4.69, 9.17) is 0 Å². The van der Waals surface area contributed by atoms with Crippen LogP contribution in [0.2, 0.25) is 0 Å². The van der Waals surface area contributed by atoms with Crippen LogP contribution in [0.5, 0.6) is 0 Å². The van der Waals surface area contributed by atoms with Gasteiger partial charge < -0.3 is 16.0 Å². The standard InChI is InChI=1S/C12H18F2N4O/c1-4-15-10-8(13)6-9(14)11(18-10)17-7(3)12(19)16-5-2/h6-7H,4-5H2,1-3H3,(H,16,19)(H2,15,17,18). The second-order valence-electron chi connectivity index (χ2n) is 3.94. The highest BCUT2D eigenvalue weighted by atomic mass is 19.1. The van der Waals surface area contributed by atoms with E-state index < -0.39 is 17.7 Å². The van der Waals surface area contributed by atoms with E-state index in [1.807, 2.05) is 0 Å². The second kappa shape index (κ2) is 6.86. The van der Waals surface area contributed by atoms with Gasteiger partial charge in [-0.15, -0.1) is 0 Å². The molecule has 0 bridgehead atoms. The van der Waals surface area contributed by atoms with Crippen LogP contribution < -0.4 is 16.0 Å². The van der Waals surface area contributed by atoms with E-state index in [1.165, 1.54) is 0 Å². The Morgan fingerprint density at radius 1 is 1.26 bits per heavy atom. The van der Waals surface area contributed by atoms with E-state index in [0.717, 1.165) is 6.07 Å². The van der Waals surface area contributed by atoms with Crippen LogP contribution in [0, 0.1) is 11.6 Å². The highest BCUT2D eigenvalue weighted by Crippen LogP contribution is 2.19. The fourth-order valence-corrected chi connectivity index (χ4v) is 1.46. The van der Waals surface area contributed by atoms with Gasteiger partial charge in [-0.3, -0.25) is 4.79 Å². The molecular formula is C12H18F2N4O. The van der Waals surface area contributed by atoms with Gasteiger partial charge in [-0.1, -0.05) is 0 Å². The zero-order chi connectivity index (χ0) is 14.4. The van der Waals surface area contributed by atoms with Crippen molar-refractivity contribution in [3.63, 3.8) is 0 Å². The van der Waals surface area contributed by atoms with E-state index >= 15 is 0 Å². The summed E-state index contributed by atoms with van der Waals surface area (Å²) in [6.45, 7) is 6.07. The lowest BCUT2D eigenvalue weighted by Gasteiger charge is -2.15. The summed E-state index contributed by atoms with van der Waals surface area (Å²) in [4.78, 5) is 15.3. The first kappa shape index (κ1) is 15.1. The number of pyridine rings is 1. The second-order valence-corrected chi connectivity index (χ2v) is 3.94. The van der Waals surface area contributed by atoms with Crippen molar-refractivity contribution >= 4 is 17.5 Å². The van der Waals surface area contributed by atoms with Crippen molar-refractivity contribution in [3.8, 4) is 0 Å². The van der Waals surface area contributed by atoms with Crippen molar-refractivity contribution in [1.82, 2.24) is 10.3 Å². The normalized spacial score (nSPS) is 11.8. The maximum atomic E-state index is 13.6. The first-order valence-corrected chi connectivity index (χ1v) is 6.13. The van der Waals surface area contributed by atoms with Gasteiger partial charge >= 0.3 is 0 Å². The predicted octanol–water partition coefficient (Wildman–Crippen LogP) is 1.73. The Labute approximate surface area is 110 Å². The summed E-state index contributed by atoms with van der Waals surface area (Å²) in [5.74, 6) is -2.09. The summed E-state index contributed by atoms with van der Waals surface area (Å²) < 4.78 is 26.9. The zero-order valence-corrected chi connectivity index (χ0v) is 11.2. The average molecular weight is 272 g/mol. The molecule has 0 aliphatic heterocycles. The summed E-state index contributed by atoms with van der Waals surface area (Å²) in [6, 6.07) is 0.0690. The van der Waals surface area contributed by atoms with Gasteiger partial charge in [0.1, 0.15) is 6.04 Å². The molecule has 1 unspecified atom stereocenters. The number of amides is 1. The number of halogens is 2. The monoisotopic (exact) mass is 272 g/mol. The van der Waals surface area contributed by atoms with Crippen molar-refractivity contribution in [3.05, 3.63) is 17.7 Å². The van der Waals surface area contributed by atoms with Gasteiger partial charge in [0.25, 0.3) is 0 Å². The number of carbonyl (C=O) groups is 1. The Kier molecular flexibility index (Phi) is 5.47. The topological polar surface area (TPSA) is 66.0 Å². The summed E-state index contributed by atoms with van der Waals surface area (Å²) >= 11 is 0. The number of hydrogen-bond acceptors (Lipinski definition) is 4. The minimum atomic E-state index is -0.838. The highest BCUT2D eigenvalue weighted by Gasteiger charge is 2.17. The first-order valence-electron chi connectivity index (χ1n) is 6.13. The fourth-order valence-electron chi connectivity index (χ4n) is 1.46. The molecule has 0 radical (unpaired) electrons. The van der Waals surface area contributed by atoms with Gasteiger partial charge in [-0.25, -0.2) is 13.8 Å². The van der Waals surface area contributed by atoms with Gasteiger partial charge in [0.2, 0.25) is 5.91 Å². The molecule has 1 amide bonds. The van der Waals surface area contributed by atoms with E-state index in [0.29, 0.717) is 13.1 Å².